The number of aromatic carboxylic acids is 1. The molecule has 2 amide bonds. The largest absolute Gasteiger partial charge is 0.478 e. The average molecular weight is 345 g/mol. The lowest BCUT2D eigenvalue weighted by Gasteiger charge is -2.21. The van der Waals surface area contributed by atoms with E-state index in [9.17, 15) is 9.59 Å². The third-order valence-corrected chi connectivity index (χ3v) is 3.26. The second-order valence-electron chi connectivity index (χ2n) is 4.14. The van der Waals surface area contributed by atoms with Gasteiger partial charge in [0.1, 0.15) is 0 Å². The predicted molar refractivity (Wildman–Crippen MR) is 79.1 cm³/mol. The van der Waals surface area contributed by atoms with Gasteiger partial charge in [-0.3, -0.25) is 0 Å². The molecule has 0 fully saturated rings. The second kappa shape index (κ2) is 7.86. The van der Waals surface area contributed by atoms with Gasteiger partial charge in [-0.15, -0.1) is 0 Å². The van der Waals surface area contributed by atoms with Gasteiger partial charge < -0.3 is 20.4 Å². The summed E-state index contributed by atoms with van der Waals surface area (Å²) in [5, 5.41) is 20.5. The highest BCUT2D eigenvalue weighted by atomic mass is 79.9. The minimum atomic E-state index is -1.03. The molecule has 0 saturated carbocycles. The monoisotopic (exact) mass is 344 g/mol. The van der Waals surface area contributed by atoms with Crippen molar-refractivity contribution in [3.05, 3.63) is 28.2 Å². The van der Waals surface area contributed by atoms with Crippen molar-refractivity contribution in [2.24, 2.45) is 0 Å². The van der Waals surface area contributed by atoms with Crippen LogP contribution in [0.4, 0.5) is 10.5 Å². The number of halogens is 1. The first-order chi connectivity index (χ1) is 9.49. The molecule has 0 spiro atoms. The average Bonchev–Trinajstić information content (AvgIpc) is 2.40. The van der Waals surface area contributed by atoms with Crippen LogP contribution in [0, 0.1) is 0 Å². The summed E-state index contributed by atoms with van der Waals surface area (Å²) in [7, 11) is 0. The Hall–Kier alpha value is -1.60. The SMILES string of the molecule is CCCN(CCO)C(=O)Nc1ccc(C(=O)O)cc1Br. The molecule has 0 saturated heterocycles. The Morgan fingerprint density at radius 3 is 2.55 bits per heavy atom. The molecule has 0 atom stereocenters. The zero-order valence-corrected chi connectivity index (χ0v) is 12.7. The molecule has 0 aliphatic heterocycles. The molecule has 1 rings (SSSR count). The normalized spacial score (nSPS) is 10.2. The highest BCUT2D eigenvalue weighted by molar-refractivity contribution is 9.10. The fraction of sp³-hybridized carbons (Fsp3) is 0.385. The van der Waals surface area contributed by atoms with Crippen molar-refractivity contribution < 1.29 is 19.8 Å². The number of carbonyl (C=O) groups is 2. The van der Waals surface area contributed by atoms with Gasteiger partial charge in [-0.1, -0.05) is 6.92 Å². The van der Waals surface area contributed by atoms with E-state index in [4.69, 9.17) is 10.2 Å². The van der Waals surface area contributed by atoms with E-state index in [0.29, 0.717) is 16.7 Å². The molecule has 1 aromatic carbocycles. The van der Waals surface area contributed by atoms with Crippen molar-refractivity contribution in [1.29, 1.82) is 0 Å². The maximum atomic E-state index is 12.0. The number of aliphatic hydroxyl groups excluding tert-OH is 1. The quantitative estimate of drug-likeness (QED) is 0.738. The van der Waals surface area contributed by atoms with Crippen LogP contribution in [0.3, 0.4) is 0 Å². The van der Waals surface area contributed by atoms with Gasteiger partial charge in [0.15, 0.2) is 0 Å². The van der Waals surface area contributed by atoms with Crippen LogP contribution in [-0.2, 0) is 0 Å². The van der Waals surface area contributed by atoms with Crippen LogP contribution in [0.1, 0.15) is 23.7 Å². The summed E-state index contributed by atoms with van der Waals surface area (Å²) in [6.07, 6.45) is 0.784. The van der Waals surface area contributed by atoms with Crippen molar-refractivity contribution >= 4 is 33.6 Å². The highest BCUT2D eigenvalue weighted by Gasteiger charge is 2.14. The number of urea groups is 1. The van der Waals surface area contributed by atoms with E-state index in [1.54, 1.807) is 0 Å². The number of carbonyl (C=O) groups excluding carboxylic acids is 1. The van der Waals surface area contributed by atoms with E-state index in [1.807, 2.05) is 6.92 Å². The summed E-state index contributed by atoms with van der Waals surface area (Å²) in [6, 6.07) is 4.03. The van der Waals surface area contributed by atoms with Gasteiger partial charge in [0.05, 0.1) is 17.9 Å². The lowest BCUT2D eigenvalue weighted by atomic mass is 10.2. The molecule has 0 heterocycles. The van der Waals surface area contributed by atoms with Gasteiger partial charge in [-0.2, -0.15) is 0 Å². The molecule has 110 valence electrons. The summed E-state index contributed by atoms with van der Waals surface area (Å²) in [4.78, 5) is 24.3. The molecule has 0 aromatic heterocycles. The number of carboxylic acids is 1. The minimum Gasteiger partial charge on any atom is -0.478 e. The third kappa shape index (κ3) is 4.50. The summed E-state index contributed by atoms with van der Waals surface area (Å²) in [5.41, 5.74) is 0.620. The molecule has 3 N–H and O–H groups in total. The highest BCUT2D eigenvalue weighted by Crippen LogP contribution is 2.24. The standard InChI is InChI=1S/C13H17BrN2O4/c1-2-5-16(6-7-17)13(20)15-11-4-3-9(12(18)19)8-10(11)14/h3-4,8,17H,2,5-7H2,1H3,(H,15,20)(H,18,19). The van der Waals surface area contributed by atoms with E-state index in [0.717, 1.165) is 6.42 Å². The molecule has 0 aliphatic rings. The van der Waals surface area contributed by atoms with Crippen LogP contribution in [0.2, 0.25) is 0 Å². The first-order valence-electron chi connectivity index (χ1n) is 6.19. The molecule has 0 radical (unpaired) electrons. The smallest absolute Gasteiger partial charge is 0.335 e. The lowest BCUT2D eigenvalue weighted by Crippen LogP contribution is -2.37. The van der Waals surface area contributed by atoms with E-state index in [2.05, 4.69) is 21.2 Å². The number of carboxylic acid groups (broad SMARTS) is 1. The first kappa shape index (κ1) is 16.5. The zero-order valence-electron chi connectivity index (χ0n) is 11.1. The van der Waals surface area contributed by atoms with Gasteiger partial charge in [-0.25, -0.2) is 9.59 Å². The Kier molecular flexibility index (Phi) is 6.47. The zero-order chi connectivity index (χ0) is 15.1. The van der Waals surface area contributed by atoms with E-state index >= 15 is 0 Å². The van der Waals surface area contributed by atoms with E-state index < -0.39 is 5.97 Å². The lowest BCUT2D eigenvalue weighted by molar-refractivity contribution is 0.0697. The number of amides is 2. The Morgan fingerprint density at radius 2 is 2.05 bits per heavy atom. The van der Waals surface area contributed by atoms with Crippen LogP contribution in [0.15, 0.2) is 22.7 Å². The predicted octanol–water partition coefficient (Wildman–Crippen LogP) is 2.38. The Labute approximate surface area is 125 Å². The van der Waals surface area contributed by atoms with Gasteiger partial charge in [-0.05, 0) is 40.5 Å². The fourth-order valence-corrected chi connectivity index (χ4v) is 2.13. The van der Waals surface area contributed by atoms with Crippen molar-refractivity contribution in [3.8, 4) is 0 Å². The van der Waals surface area contributed by atoms with E-state index in [-0.39, 0.29) is 24.7 Å². The number of nitrogens with one attached hydrogen (secondary N) is 1. The van der Waals surface area contributed by atoms with Gasteiger partial charge in [0.2, 0.25) is 0 Å². The van der Waals surface area contributed by atoms with Crippen molar-refractivity contribution in [1.82, 2.24) is 4.90 Å². The minimum absolute atomic E-state index is 0.105. The summed E-state index contributed by atoms with van der Waals surface area (Å²) >= 11 is 3.23. The number of hydrogen-bond donors (Lipinski definition) is 3. The molecule has 7 heteroatoms. The molecule has 0 unspecified atom stereocenters. The Balaban J connectivity index is 2.81. The van der Waals surface area contributed by atoms with Crippen LogP contribution < -0.4 is 5.32 Å². The van der Waals surface area contributed by atoms with Crippen molar-refractivity contribution in [3.63, 3.8) is 0 Å². The number of benzene rings is 1. The number of hydrogen-bond acceptors (Lipinski definition) is 3. The second-order valence-corrected chi connectivity index (χ2v) is 4.99. The fourth-order valence-electron chi connectivity index (χ4n) is 1.65. The van der Waals surface area contributed by atoms with E-state index in [1.165, 1.54) is 23.1 Å². The van der Waals surface area contributed by atoms with Crippen LogP contribution >= 0.6 is 15.9 Å². The Morgan fingerprint density at radius 1 is 1.35 bits per heavy atom. The Bertz CT molecular complexity index is 487. The van der Waals surface area contributed by atoms with Gasteiger partial charge >= 0.3 is 12.0 Å². The number of nitrogens with zero attached hydrogens (tertiary/aromatic N) is 1. The maximum absolute atomic E-state index is 12.0. The molecule has 1 aromatic rings. The van der Waals surface area contributed by atoms with Gasteiger partial charge in [0.25, 0.3) is 0 Å². The third-order valence-electron chi connectivity index (χ3n) is 2.61. The maximum Gasteiger partial charge on any atom is 0.335 e. The van der Waals surface area contributed by atoms with Gasteiger partial charge in [0, 0.05) is 17.6 Å². The number of aliphatic hydroxyl groups is 1. The van der Waals surface area contributed by atoms with Crippen LogP contribution in [-0.4, -0.2) is 46.8 Å². The molecule has 0 aliphatic carbocycles. The van der Waals surface area contributed by atoms with Crippen molar-refractivity contribution in [2.75, 3.05) is 25.0 Å². The summed E-state index contributed by atoms with van der Waals surface area (Å²) in [6.45, 7) is 2.63. The van der Waals surface area contributed by atoms with Crippen molar-refractivity contribution in [2.45, 2.75) is 13.3 Å². The first-order valence-corrected chi connectivity index (χ1v) is 6.98. The van der Waals surface area contributed by atoms with Crippen LogP contribution in [0.25, 0.3) is 0 Å². The molecular formula is C13H17BrN2O4. The summed E-state index contributed by atoms with van der Waals surface area (Å²) < 4.78 is 0.492. The topological polar surface area (TPSA) is 89.9 Å². The molecule has 0 bridgehead atoms. The number of anilines is 1. The number of rotatable bonds is 6. The molecule has 6 nitrogen and oxygen atoms in total. The summed E-state index contributed by atoms with van der Waals surface area (Å²) in [5.74, 6) is -1.03. The molecular weight excluding hydrogens is 328 g/mol. The molecule has 20 heavy (non-hydrogen) atoms. The van der Waals surface area contributed by atoms with Crippen LogP contribution in [0.5, 0.6) is 0 Å².